The predicted octanol–water partition coefficient (Wildman–Crippen LogP) is 2.10. The van der Waals surface area contributed by atoms with Crippen LogP contribution in [0.4, 0.5) is 4.79 Å². The number of hydrogen-bond donors (Lipinski definition) is 2. The number of carbonyl (C=O) groups excluding carboxylic acids is 2. The van der Waals surface area contributed by atoms with Crippen LogP contribution in [0.2, 0.25) is 0 Å². The van der Waals surface area contributed by atoms with Crippen molar-refractivity contribution < 1.29 is 9.59 Å². The predicted molar refractivity (Wildman–Crippen MR) is 95.5 cm³/mol. The molecule has 1 atom stereocenters. The highest BCUT2D eigenvalue weighted by Crippen LogP contribution is 2.28. The van der Waals surface area contributed by atoms with E-state index in [1.807, 2.05) is 38.1 Å². The van der Waals surface area contributed by atoms with Gasteiger partial charge in [-0.15, -0.1) is 5.10 Å². The third kappa shape index (κ3) is 4.79. The van der Waals surface area contributed by atoms with Crippen molar-refractivity contribution in [1.82, 2.24) is 25.5 Å². The summed E-state index contributed by atoms with van der Waals surface area (Å²) in [4.78, 5) is 23.1. The lowest BCUT2D eigenvalue weighted by Gasteiger charge is -2.18. The number of nitrogens with one attached hydrogen (secondary N) is 1. The molecule has 1 aromatic heterocycles. The molecule has 8 nitrogen and oxygen atoms in total. The Bertz CT molecular complexity index is 741. The van der Waals surface area contributed by atoms with Crippen LogP contribution >= 0.6 is 11.8 Å². The molecule has 3 N–H and O–H groups in total. The van der Waals surface area contributed by atoms with Gasteiger partial charge in [-0.05, 0) is 40.0 Å². The number of benzene rings is 1. The average molecular weight is 362 g/mol. The second-order valence-corrected chi connectivity index (χ2v) is 7.36. The van der Waals surface area contributed by atoms with Crippen LogP contribution in [0.25, 0.3) is 5.69 Å². The number of nitrogens with two attached hydrogens (primary N) is 1. The molecule has 2 rings (SSSR count). The number of rotatable bonds is 6. The van der Waals surface area contributed by atoms with Crippen LogP contribution in [0.15, 0.2) is 29.4 Å². The Labute approximate surface area is 150 Å². The fourth-order valence-corrected chi connectivity index (χ4v) is 3.20. The zero-order valence-electron chi connectivity index (χ0n) is 14.6. The van der Waals surface area contributed by atoms with Crippen molar-refractivity contribution in [2.24, 2.45) is 11.7 Å². The molecule has 0 unspecified atom stereocenters. The Hall–Kier alpha value is -2.42. The van der Waals surface area contributed by atoms with Gasteiger partial charge in [-0.2, -0.15) is 4.68 Å². The minimum absolute atomic E-state index is 0.0437. The number of nitrogens with zero attached hydrogens (tertiary/aromatic N) is 4. The second kappa shape index (κ2) is 8.11. The number of thioether (sulfide) groups is 1. The van der Waals surface area contributed by atoms with Gasteiger partial charge in [0, 0.05) is 0 Å². The molecule has 0 aliphatic carbocycles. The van der Waals surface area contributed by atoms with Gasteiger partial charge in [-0.3, -0.25) is 10.1 Å². The van der Waals surface area contributed by atoms with Gasteiger partial charge in [0.15, 0.2) is 0 Å². The van der Waals surface area contributed by atoms with Gasteiger partial charge in [-0.25, -0.2) is 4.79 Å². The maximum atomic E-state index is 12.2. The number of carbonyl (C=O) groups is 2. The number of urea groups is 1. The van der Waals surface area contributed by atoms with Crippen LogP contribution in [0.5, 0.6) is 0 Å². The summed E-state index contributed by atoms with van der Waals surface area (Å²) in [6.07, 6.45) is 0. The molecule has 134 valence electrons. The summed E-state index contributed by atoms with van der Waals surface area (Å²) in [5, 5.41) is 13.8. The zero-order valence-corrected chi connectivity index (χ0v) is 15.4. The van der Waals surface area contributed by atoms with E-state index < -0.39 is 17.2 Å². The van der Waals surface area contributed by atoms with Gasteiger partial charge < -0.3 is 5.73 Å². The number of imide groups is 1. The number of amides is 3. The highest BCUT2D eigenvalue weighted by molar-refractivity contribution is 8.00. The van der Waals surface area contributed by atoms with Crippen molar-refractivity contribution in [3.8, 4) is 5.69 Å². The number of primary amides is 1. The van der Waals surface area contributed by atoms with Gasteiger partial charge in [0.2, 0.25) is 11.1 Å². The van der Waals surface area contributed by atoms with Crippen molar-refractivity contribution >= 4 is 23.7 Å². The van der Waals surface area contributed by atoms with E-state index in [2.05, 4.69) is 34.7 Å². The highest BCUT2D eigenvalue weighted by atomic mass is 32.2. The molecule has 25 heavy (non-hydrogen) atoms. The molecule has 0 aliphatic rings. The number of hydrogen-bond acceptors (Lipinski definition) is 6. The smallest absolute Gasteiger partial charge is 0.318 e. The van der Waals surface area contributed by atoms with Crippen molar-refractivity contribution in [2.45, 2.75) is 44.0 Å². The molecule has 0 saturated heterocycles. The molecule has 0 radical (unpaired) electrons. The fourth-order valence-electron chi connectivity index (χ4n) is 2.21. The van der Waals surface area contributed by atoms with Crippen molar-refractivity contribution in [3.05, 3.63) is 29.8 Å². The van der Waals surface area contributed by atoms with E-state index >= 15 is 0 Å². The first kappa shape index (κ1) is 18.9. The Kier molecular flexibility index (Phi) is 6.13. The molecule has 1 heterocycles. The van der Waals surface area contributed by atoms with Crippen molar-refractivity contribution in [1.29, 1.82) is 0 Å². The first-order chi connectivity index (χ1) is 11.8. The molecule has 0 fully saturated rings. The highest BCUT2D eigenvalue weighted by Gasteiger charge is 2.27. The summed E-state index contributed by atoms with van der Waals surface area (Å²) >= 11 is 1.19. The Morgan fingerprint density at radius 1 is 1.16 bits per heavy atom. The molecule has 0 aliphatic heterocycles. The summed E-state index contributed by atoms with van der Waals surface area (Å²) in [7, 11) is 0. The lowest BCUT2D eigenvalue weighted by atomic mass is 10.0. The number of aromatic nitrogens is 4. The summed E-state index contributed by atoms with van der Waals surface area (Å²) in [5.41, 5.74) is 7.05. The average Bonchev–Trinajstić information content (AvgIpc) is 2.99. The van der Waals surface area contributed by atoms with Crippen molar-refractivity contribution in [2.75, 3.05) is 0 Å². The van der Waals surface area contributed by atoms with Gasteiger partial charge >= 0.3 is 6.03 Å². The maximum Gasteiger partial charge on any atom is 0.318 e. The van der Waals surface area contributed by atoms with E-state index in [4.69, 9.17) is 5.73 Å². The summed E-state index contributed by atoms with van der Waals surface area (Å²) < 4.78 is 1.57. The molecular weight excluding hydrogens is 340 g/mol. The topological polar surface area (TPSA) is 116 Å². The summed E-state index contributed by atoms with van der Waals surface area (Å²) in [6.45, 7) is 8.00. The molecule has 1 aromatic carbocycles. The molecule has 2 aromatic rings. The van der Waals surface area contributed by atoms with Gasteiger partial charge in [0.05, 0.1) is 10.9 Å². The monoisotopic (exact) mass is 362 g/mol. The van der Waals surface area contributed by atoms with E-state index in [0.29, 0.717) is 11.1 Å². The zero-order chi connectivity index (χ0) is 18.6. The Balaban J connectivity index is 2.24. The van der Waals surface area contributed by atoms with Gasteiger partial charge in [-0.1, -0.05) is 51.6 Å². The van der Waals surface area contributed by atoms with E-state index in [1.54, 1.807) is 4.68 Å². The van der Waals surface area contributed by atoms with Crippen LogP contribution in [0, 0.1) is 5.92 Å². The third-order valence-corrected chi connectivity index (χ3v) is 5.07. The van der Waals surface area contributed by atoms with Crippen LogP contribution in [-0.4, -0.2) is 37.4 Å². The van der Waals surface area contributed by atoms with Crippen LogP contribution < -0.4 is 11.1 Å². The maximum absolute atomic E-state index is 12.2. The standard InChI is InChI=1S/C16H22N6O2S/c1-9(2)11-5-7-12(8-6-11)22-16(19-20-21-22)25-13(10(3)4)14(23)18-15(17)24/h5-10,13H,1-4H3,(H3,17,18,23,24)/t13-/m1/s1. The van der Waals surface area contributed by atoms with E-state index in [1.165, 1.54) is 17.3 Å². The molecule has 0 saturated carbocycles. The Morgan fingerprint density at radius 2 is 1.80 bits per heavy atom. The Morgan fingerprint density at radius 3 is 2.32 bits per heavy atom. The van der Waals surface area contributed by atoms with Crippen LogP contribution in [0.1, 0.15) is 39.2 Å². The SMILES string of the molecule is CC(C)c1ccc(-n2nnnc2S[C@@H](C(=O)NC(N)=O)C(C)C)cc1. The van der Waals surface area contributed by atoms with Crippen LogP contribution in [-0.2, 0) is 4.79 Å². The first-order valence-corrected chi connectivity index (χ1v) is 8.83. The summed E-state index contributed by atoms with van der Waals surface area (Å²) in [6, 6.07) is 7.04. The normalized spacial score (nSPS) is 12.4. The fraction of sp³-hybridized carbons (Fsp3) is 0.438. The van der Waals surface area contributed by atoms with Crippen LogP contribution in [0.3, 0.4) is 0 Å². The van der Waals surface area contributed by atoms with Gasteiger partial charge in [0.1, 0.15) is 0 Å². The van der Waals surface area contributed by atoms with E-state index in [-0.39, 0.29) is 5.92 Å². The minimum atomic E-state index is -0.875. The lowest BCUT2D eigenvalue weighted by Crippen LogP contribution is -2.42. The largest absolute Gasteiger partial charge is 0.351 e. The molecule has 9 heteroatoms. The van der Waals surface area contributed by atoms with E-state index in [9.17, 15) is 9.59 Å². The molecular formula is C16H22N6O2S. The number of tetrazole rings is 1. The molecule has 0 bridgehead atoms. The first-order valence-electron chi connectivity index (χ1n) is 7.95. The second-order valence-electron chi connectivity index (χ2n) is 6.26. The summed E-state index contributed by atoms with van der Waals surface area (Å²) in [5.74, 6) is -0.0744. The third-order valence-electron chi connectivity index (χ3n) is 3.59. The van der Waals surface area contributed by atoms with E-state index in [0.717, 1.165) is 5.69 Å². The van der Waals surface area contributed by atoms with Gasteiger partial charge in [0.25, 0.3) is 0 Å². The lowest BCUT2D eigenvalue weighted by molar-refractivity contribution is -0.120. The molecule has 3 amide bonds. The van der Waals surface area contributed by atoms with Crippen molar-refractivity contribution in [3.63, 3.8) is 0 Å². The molecule has 0 spiro atoms. The quantitative estimate of drug-likeness (QED) is 0.760. The minimum Gasteiger partial charge on any atom is -0.351 e.